The van der Waals surface area contributed by atoms with Crippen molar-refractivity contribution in [2.45, 2.75) is 57.0 Å². The zero-order valence-corrected chi connectivity index (χ0v) is 14.3. The van der Waals surface area contributed by atoms with E-state index < -0.39 is 10.0 Å². The van der Waals surface area contributed by atoms with Crippen molar-refractivity contribution in [1.29, 1.82) is 0 Å². The van der Waals surface area contributed by atoms with E-state index in [9.17, 15) is 8.42 Å². The van der Waals surface area contributed by atoms with Gasteiger partial charge < -0.3 is 5.73 Å². The Morgan fingerprint density at radius 1 is 1.29 bits per heavy atom. The van der Waals surface area contributed by atoms with Crippen molar-refractivity contribution in [1.82, 2.24) is 4.31 Å². The number of nitrogens with zero attached hydrogens (tertiary/aromatic N) is 1. The third-order valence-corrected chi connectivity index (χ3v) is 6.65. The van der Waals surface area contributed by atoms with Crippen LogP contribution in [0.5, 0.6) is 0 Å². The number of nitrogens with two attached hydrogens (primary N) is 1. The molecule has 0 aliphatic carbocycles. The average molecular weight is 326 g/mol. The molecule has 4 nitrogen and oxygen atoms in total. The van der Waals surface area contributed by atoms with E-state index in [0.717, 1.165) is 24.8 Å². The summed E-state index contributed by atoms with van der Waals surface area (Å²) in [6.07, 6.45) is 2.87. The van der Waals surface area contributed by atoms with Gasteiger partial charge >= 0.3 is 0 Å². The Morgan fingerprint density at radius 3 is 2.38 bits per heavy atom. The molecule has 1 fully saturated rings. The van der Waals surface area contributed by atoms with Crippen LogP contribution in [0.15, 0.2) is 23.1 Å². The number of hydrogen-bond donors (Lipinski definition) is 1. The van der Waals surface area contributed by atoms with E-state index in [-0.39, 0.29) is 17.1 Å². The molecular weight excluding hydrogens is 304 g/mol. The largest absolute Gasteiger partial charge is 0.389 e. The lowest BCUT2D eigenvalue weighted by atomic mass is 10.0. The average Bonchev–Trinajstić information content (AvgIpc) is 2.38. The molecule has 0 aromatic heterocycles. The highest BCUT2D eigenvalue weighted by molar-refractivity contribution is 7.89. The second-order valence-electron chi connectivity index (χ2n) is 5.81. The molecule has 1 aliphatic rings. The highest BCUT2D eigenvalue weighted by atomic mass is 32.2. The van der Waals surface area contributed by atoms with Crippen LogP contribution in [0.1, 0.15) is 44.2 Å². The van der Waals surface area contributed by atoms with Crippen molar-refractivity contribution in [3.05, 3.63) is 29.3 Å². The summed E-state index contributed by atoms with van der Waals surface area (Å²) in [5, 5.41) is 0. The van der Waals surface area contributed by atoms with Gasteiger partial charge in [-0.15, -0.1) is 0 Å². The van der Waals surface area contributed by atoms with Crippen LogP contribution in [-0.4, -0.2) is 29.8 Å². The van der Waals surface area contributed by atoms with Gasteiger partial charge in [-0.3, -0.25) is 0 Å². The third-order valence-electron chi connectivity index (χ3n) is 4.14. The second-order valence-corrected chi connectivity index (χ2v) is 8.06. The van der Waals surface area contributed by atoms with Crippen molar-refractivity contribution in [3.8, 4) is 0 Å². The maximum atomic E-state index is 13.0. The summed E-state index contributed by atoms with van der Waals surface area (Å²) in [6.45, 7) is 5.75. The molecule has 0 spiro atoms. The Labute approximate surface area is 132 Å². The molecule has 0 saturated carbocycles. The van der Waals surface area contributed by atoms with E-state index in [2.05, 4.69) is 0 Å². The van der Waals surface area contributed by atoms with Crippen LogP contribution < -0.4 is 5.73 Å². The van der Waals surface area contributed by atoms with Crippen molar-refractivity contribution in [3.63, 3.8) is 0 Å². The molecular formula is C15H22N2O2S2. The Balaban J connectivity index is 2.53. The summed E-state index contributed by atoms with van der Waals surface area (Å²) < 4.78 is 27.7. The highest BCUT2D eigenvalue weighted by Gasteiger charge is 2.36. The topological polar surface area (TPSA) is 63.4 Å². The van der Waals surface area contributed by atoms with Gasteiger partial charge in [-0.05, 0) is 45.2 Å². The predicted molar refractivity (Wildman–Crippen MR) is 88.9 cm³/mol. The van der Waals surface area contributed by atoms with Crippen LogP contribution >= 0.6 is 12.2 Å². The number of aryl methyl sites for hydroxylation is 1. The summed E-state index contributed by atoms with van der Waals surface area (Å²) in [5.41, 5.74) is 6.94. The lowest BCUT2D eigenvalue weighted by Gasteiger charge is -2.38. The molecule has 2 N–H and O–H groups in total. The van der Waals surface area contributed by atoms with Gasteiger partial charge in [-0.1, -0.05) is 30.8 Å². The standard InChI is InChI=1S/C15H22N2O2S2/c1-10-7-8-13(15(16)20)9-14(10)21(18,19)17-11(2)5-4-6-12(17)3/h7-9,11-12H,4-6H2,1-3H3,(H2,16,20). The molecule has 6 heteroatoms. The van der Waals surface area contributed by atoms with Crippen molar-refractivity contribution in [2.24, 2.45) is 5.73 Å². The van der Waals surface area contributed by atoms with Crippen LogP contribution in [0.2, 0.25) is 0 Å². The Hall–Kier alpha value is -0.980. The first kappa shape index (κ1) is 16.4. The molecule has 116 valence electrons. The van der Waals surface area contributed by atoms with Gasteiger partial charge in [0.15, 0.2) is 0 Å². The molecule has 1 aromatic rings. The second kappa shape index (κ2) is 6.02. The molecule has 2 atom stereocenters. The van der Waals surface area contributed by atoms with Crippen molar-refractivity contribution < 1.29 is 8.42 Å². The highest BCUT2D eigenvalue weighted by Crippen LogP contribution is 2.31. The first-order chi connectivity index (χ1) is 9.75. The number of benzene rings is 1. The monoisotopic (exact) mass is 326 g/mol. The lowest BCUT2D eigenvalue weighted by Crippen LogP contribution is -2.47. The van der Waals surface area contributed by atoms with Crippen LogP contribution in [0.3, 0.4) is 0 Å². The summed E-state index contributed by atoms with van der Waals surface area (Å²) in [7, 11) is -3.53. The summed E-state index contributed by atoms with van der Waals surface area (Å²) in [5.74, 6) is 0. The van der Waals surface area contributed by atoms with Gasteiger partial charge in [0.25, 0.3) is 0 Å². The van der Waals surface area contributed by atoms with Crippen molar-refractivity contribution >= 4 is 27.2 Å². The lowest BCUT2D eigenvalue weighted by molar-refractivity contribution is 0.204. The van der Waals surface area contributed by atoms with E-state index >= 15 is 0 Å². The van der Waals surface area contributed by atoms with E-state index in [1.165, 1.54) is 0 Å². The molecule has 0 bridgehead atoms. The fraction of sp³-hybridized carbons (Fsp3) is 0.533. The Morgan fingerprint density at radius 2 is 1.86 bits per heavy atom. The molecule has 0 amide bonds. The van der Waals surface area contributed by atoms with Crippen LogP contribution in [0.4, 0.5) is 0 Å². The number of hydrogen-bond acceptors (Lipinski definition) is 3. The van der Waals surface area contributed by atoms with E-state index in [0.29, 0.717) is 10.5 Å². The summed E-state index contributed by atoms with van der Waals surface area (Å²) >= 11 is 4.96. The minimum absolute atomic E-state index is 0.0200. The van der Waals surface area contributed by atoms with Gasteiger partial charge in [0.05, 0.1) is 4.90 Å². The van der Waals surface area contributed by atoms with E-state index in [1.807, 2.05) is 13.8 Å². The number of sulfonamides is 1. The van der Waals surface area contributed by atoms with E-state index in [4.69, 9.17) is 18.0 Å². The van der Waals surface area contributed by atoms with E-state index in [1.54, 1.807) is 29.4 Å². The van der Waals surface area contributed by atoms with Gasteiger partial charge in [0, 0.05) is 17.6 Å². The molecule has 21 heavy (non-hydrogen) atoms. The molecule has 1 heterocycles. The summed E-state index contributed by atoms with van der Waals surface area (Å²) in [4.78, 5) is 0.527. The summed E-state index contributed by atoms with van der Waals surface area (Å²) in [6, 6.07) is 5.17. The SMILES string of the molecule is Cc1ccc(C(N)=S)cc1S(=O)(=O)N1C(C)CCCC1C. The first-order valence-electron chi connectivity index (χ1n) is 7.19. The fourth-order valence-corrected chi connectivity index (χ4v) is 5.28. The van der Waals surface area contributed by atoms with Gasteiger partial charge in [-0.2, -0.15) is 4.31 Å². The number of rotatable bonds is 3. The number of thiocarbonyl (C=S) groups is 1. The normalized spacial score (nSPS) is 24.0. The molecule has 1 saturated heterocycles. The maximum Gasteiger partial charge on any atom is 0.243 e. The van der Waals surface area contributed by atoms with Crippen LogP contribution in [0, 0.1) is 6.92 Å². The quantitative estimate of drug-likeness (QED) is 0.867. The van der Waals surface area contributed by atoms with Crippen LogP contribution in [-0.2, 0) is 10.0 Å². The zero-order chi connectivity index (χ0) is 15.8. The first-order valence-corrected chi connectivity index (χ1v) is 9.04. The third kappa shape index (κ3) is 3.12. The van der Waals surface area contributed by atoms with Crippen LogP contribution in [0.25, 0.3) is 0 Å². The molecule has 1 aliphatic heterocycles. The van der Waals surface area contributed by atoms with Gasteiger partial charge in [0.1, 0.15) is 4.99 Å². The zero-order valence-electron chi connectivity index (χ0n) is 12.7. The Kier molecular flexibility index (Phi) is 4.70. The molecule has 1 aromatic carbocycles. The maximum absolute atomic E-state index is 13.0. The van der Waals surface area contributed by atoms with Gasteiger partial charge in [-0.25, -0.2) is 8.42 Å². The Bertz CT molecular complexity index is 646. The molecule has 0 radical (unpaired) electrons. The smallest absolute Gasteiger partial charge is 0.243 e. The minimum atomic E-state index is -3.53. The van der Waals surface area contributed by atoms with Gasteiger partial charge in [0.2, 0.25) is 10.0 Å². The molecule has 2 unspecified atom stereocenters. The van der Waals surface area contributed by atoms with Crippen molar-refractivity contribution in [2.75, 3.05) is 0 Å². The molecule has 2 rings (SSSR count). The fourth-order valence-electron chi connectivity index (χ4n) is 3.02. The number of piperidine rings is 1. The minimum Gasteiger partial charge on any atom is -0.389 e. The predicted octanol–water partition coefficient (Wildman–Crippen LogP) is 2.58.